The van der Waals surface area contributed by atoms with Crippen molar-refractivity contribution in [1.29, 1.82) is 0 Å². The van der Waals surface area contributed by atoms with Crippen LogP contribution >= 0.6 is 0 Å². The van der Waals surface area contributed by atoms with E-state index in [1.807, 2.05) is 12.3 Å². The van der Waals surface area contributed by atoms with Crippen LogP contribution in [0.4, 0.5) is 0 Å². The van der Waals surface area contributed by atoms with Crippen molar-refractivity contribution in [3.63, 3.8) is 0 Å². The Kier molecular flexibility index (Phi) is 1.39. The highest BCUT2D eigenvalue weighted by atomic mass is 14.9. The van der Waals surface area contributed by atoms with Crippen molar-refractivity contribution < 1.29 is 0 Å². The summed E-state index contributed by atoms with van der Waals surface area (Å²) in [5, 5.41) is 1.19. The van der Waals surface area contributed by atoms with Gasteiger partial charge in [-0.15, -0.1) is 0 Å². The van der Waals surface area contributed by atoms with Crippen LogP contribution in [0, 0.1) is 6.92 Å². The van der Waals surface area contributed by atoms with Gasteiger partial charge in [0, 0.05) is 23.5 Å². The first-order valence-electron chi connectivity index (χ1n) is 4.68. The summed E-state index contributed by atoms with van der Waals surface area (Å²) in [4.78, 5) is 4.40. The average Bonchev–Trinajstić information content (AvgIpc) is 2.61. The number of pyridine rings is 2. The fourth-order valence-electron chi connectivity index (χ4n) is 1.86. The molecule has 0 aromatic carbocycles. The average molecular weight is 182 g/mol. The maximum absolute atomic E-state index is 4.40. The molecule has 2 heteroatoms. The lowest BCUT2D eigenvalue weighted by Gasteiger charge is -2.01. The predicted octanol–water partition coefficient (Wildman–Crippen LogP) is 2.80. The standard InChI is InChI=1S/C12H10N2/c1-9-4-5-11-12-10(3-2-7-13-12)6-8-14(9)11/h2-8H,1H3. The Bertz CT molecular complexity index is 608. The van der Waals surface area contributed by atoms with Crippen LogP contribution in [0.5, 0.6) is 0 Å². The molecule has 0 saturated carbocycles. The third kappa shape index (κ3) is 0.880. The zero-order chi connectivity index (χ0) is 9.54. The molecule has 0 unspecified atom stereocenters. The second kappa shape index (κ2) is 2.58. The van der Waals surface area contributed by atoms with Gasteiger partial charge in [-0.05, 0) is 31.2 Å². The minimum absolute atomic E-state index is 1.07. The number of hydrogen-bond acceptors (Lipinski definition) is 1. The molecule has 3 aromatic heterocycles. The van der Waals surface area contributed by atoms with E-state index in [1.165, 1.54) is 16.6 Å². The Labute approximate surface area is 81.8 Å². The van der Waals surface area contributed by atoms with Crippen LogP contribution in [-0.2, 0) is 0 Å². The van der Waals surface area contributed by atoms with E-state index < -0.39 is 0 Å². The molecular weight excluding hydrogens is 172 g/mol. The number of nitrogens with zero attached hydrogens (tertiary/aromatic N) is 2. The number of rotatable bonds is 0. The van der Waals surface area contributed by atoms with E-state index in [2.05, 4.69) is 46.8 Å². The minimum atomic E-state index is 1.07. The fourth-order valence-corrected chi connectivity index (χ4v) is 1.86. The van der Waals surface area contributed by atoms with Gasteiger partial charge < -0.3 is 4.40 Å². The monoisotopic (exact) mass is 182 g/mol. The maximum atomic E-state index is 4.40. The highest BCUT2D eigenvalue weighted by molar-refractivity contribution is 5.92. The third-order valence-electron chi connectivity index (χ3n) is 2.61. The van der Waals surface area contributed by atoms with Crippen LogP contribution in [0.15, 0.2) is 42.7 Å². The summed E-state index contributed by atoms with van der Waals surface area (Å²) < 4.78 is 2.16. The van der Waals surface area contributed by atoms with E-state index in [4.69, 9.17) is 0 Å². The molecule has 0 atom stereocenters. The van der Waals surface area contributed by atoms with Gasteiger partial charge in [0.2, 0.25) is 0 Å². The molecule has 3 aromatic rings. The van der Waals surface area contributed by atoms with Gasteiger partial charge in [-0.25, -0.2) is 0 Å². The number of fused-ring (bicyclic) bond motifs is 3. The van der Waals surface area contributed by atoms with Crippen LogP contribution < -0.4 is 0 Å². The van der Waals surface area contributed by atoms with Gasteiger partial charge in [0.1, 0.15) is 0 Å². The van der Waals surface area contributed by atoms with Crippen molar-refractivity contribution >= 4 is 16.4 Å². The Morgan fingerprint density at radius 1 is 1.14 bits per heavy atom. The van der Waals surface area contributed by atoms with E-state index in [-0.39, 0.29) is 0 Å². The fraction of sp³-hybridized carbons (Fsp3) is 0.0833. The zero-order valence-electron chi connectivity index (χ0n) is 7.94. The molecule has 0 saturated heterocycles. The van der Waals surface area contributed by atoms with Gasteiger partial charge in [-0.3, -0.25) is 4.98 Å². The number of aromatic nitrogens is 2. The lowest BCUT2D eigenvalue weighted by molar-refractivity contribution is 1.12. The van der Waals surface area contributed by atoms with Gasteiger partial charge >= 0.3 is 0 Å². The summed E-state index contributed by atoms with van der Waals surface area (Å²) >= 11 is 0. The molecule has 0 amide bonds. The van der Waals surface area contributed by atoms with Crippen molar-refractivity contribution in [2.75, 3.05) is 0 Å². The van der Waals surface area contributed by atoms with Gasteiger partial charge in [0.15, 0.2) is 0 Å². The molecule has 0 spiro atoms. The van der Waals surface area contributed by atoms with E-state index in [0.29, 0.717) is 0 Å². The maximum Gasteiger partial charge on any atom is 0.0942 e. The minimum Gasteiger partial charge on any atom is -0.319 e. The Morgan fingerprint density at radius 2 is 2.07 bits per heavy atom. The topological polar surface area (TPSA) is 17.3 Å². The van der Waals surface area contributed by atoms with E-state index in [1.54, 1.807) is 0 Å². The quantitative estimate of drug-likeness (QED) is 0.522. The molecule has 3 rings (SSSR count). The van der Waals surface area contributed by atoms with E-state index in [0.717, 1.165) is 5.52 Å². The molecule has 2 nitrogen and oxygen atoms in total. The Balaban J connectivity index is 2.61. The predicted molar refractivity (Wildman–Crippen MR) is 57.4 cm³/mol. The van der Waals surface area contributed by atoms with Crippen molar-refractivity contribution in [1.82, 2.24) is 9.38 Å². The second-order valence-corrected chi connectivity index (χ2v) is 3.49. The lowest BCUT2D eigenvalue weighted by atomic mass is 10.2. The first-order chi connectivity index (χ1) is 6.86. The molecule has 0 aliphatic heterocycles. The molecule has 0 radical (unpaired) electrons. The summed E-state index contributed by atoms with van der Waals surface area (Å²) in [5.41, 5.74) is 3.50. The van der Waals surface area contributed by atoms with Crippen molar-refractivity contribution in [2.24, 2.45) is 0 Å². The summed E-state index contributed by atoms with van der Waals surface area (Å²) in [5.74, 6) is 0. The molecule has 0 fully saturated rings. The molecule has 68 valence electrons. The highest BCUT2D eigenvalue weighted by Crippen LogP contribution is 2.19. The molecular formula is C12H10N2. The summed E-state index contributed by atoms with van der Waals surface area (Å²) in [6.45, 7) is 2.10. The molecule has 0 aliphatic carbocycles. The van der Waals surface area contributed by atoms with Gasteiger partial charge in [0.25, 0.3) is 0 Å². The second-order valence-electron chi connectivity index (χ2n) is 3.49. The molecule has 0 bridgehead atoms. The summed E-state index contributed by atoms with van der Waals surface area (Å²) in [7, 11) is 0. The van der Waals surface area contributed by atoms with Crippen LogP contribution in [0.1, 0.15) is 5.69 Å². The SMILES string of the molecule is Cc1ccc2c3ncccc3ccn12. The van der Waals surface area contributed by atoms with Gasteiger partial charge in [0.05, 0.1) is 11.0 Å². The number of hydrogen-bond donors (Lipinski definition) is 0. The highest BCUT2D eigenvalue weighted by Gasteiger charge is 2.01. The van der Waals surface area contributed by atoms with Gasteiger partial charge in [-0.1, -0.05) is 6.07 Å². The van der Waals surface area contributed by atoms with Crippen LogP contribution in [-0.4, -0.2) is 9.38 Å². The van der Waals surface area contributed by atoms with Crippen LogP contribution in [0.25, 0.3) is 16.4 Å². The molecule has 3 heterocycles. The first-order valence-corrected chi connectivity index (χ1v) is 4.68. The smallest absolute Gasteiger partial charge is 0.0942 e. The molecule has 0 N–H and O–H groups in total. The van der Waals surface area contributed by atoms with Crippen LogP contribution in [0.3, 0.4) is 0 Å². The van der Waals surface area contributed by atoms with Crippen molar-refractivity contribution in [2.45, 2.75) is 6.92 Å². The summed E-state index contributed by atoms with van der Waals surface area (Å²) in [6.07, 6.45) is 3.93. The Morgan fingerprint density at radius 3 is 3.00 bits per heavy atom. The Hall–Kier alpha value is -1.83. The van der Waals surface area contributed by atoms with Crippen LogP contribution in [0.2, 0.25) is 0 Å². The number of aryl methyl sites for hydroxylation is 1. The van der Waals surface area contributed by atoms with Gasteiger partial charge in [-0.2, -0.15) is 0 Å². The first kappa shape index (κ1) is 7.56. The van der Waals surface area contributed by atoms with Crippen molar-refractivity contribution in [3.8, 4) is 0 Å². The van der Waals surface area contributed by atoms with Crippen molar-refractivity contribution in [3.05, 3.63) is 48.4 Å². The largest absolute Gasteiger partial charge is 0.319 e. The third-order valence-corrected chi connectivity index (χ3v) is 2.61. The molecule has 0 aliphatic rings. The zero-order valence-corrected chi connectivity index (χ0v) is 7.94. The molecule has 14 heavy (non-hydrogen) atoms. The van der Waals surface area contributed by atoms with E-state index >= 15 is 0 Å². The lowest BCUT2D eigenvalue weighted by Crippen LogP contribution is -1.88. The summed E-state index contributed by atoms with van der Waals surface area (Å²) in [6, 6.07) is 10.4. The normalized spacial score (nSPS) is 11.2. The van der Waals surface area contributed by atoms with E-state index in [9.17, 15) is 0 Å².